The first-order valence-corrected chi connectivity index (χ1v) is 7.09. The Bertz CT molecular complexity index is 746. The van der Waals surface area contributed by atoms with Crippen molar-refractivity contribution in [3.63, 3.8) is 0 Å². The number of pyridine rings is 1. The molecule has 0 aliphatic heterocycles. The second-order valence-electron chi connectivity index (χ2n) is 3.87. The normalized spacial score (nSPS) is 10.6. The lowest BCUT2D eigenvalue weighted by Gasteiger charge is -2.09. The summed E-state index contributed by atoms with van der Waals surface area (Å²) in [5.41, 5.74) is 3.51. The molecule has 3 aromatic rings. The molecule has 1 aromatic carbocycles. The van der Waals surface area contributed by atoms with Gasteiger partial charge in [-0.1, -0.05) is 0 Å². The third kappa shape index (κ3) is 2.59. The first-order valence-electron chi connectivity index (χ1n) is 5.51. The molecule has 6 heteroatoms. The monoisotopic (exact) mass is 378 g/mol. The first kappa shape index (κ1) is 12.5. The summed E-state index contributed by atoms with van der Waals surface area (Å²) in [7, 11) is 0. The van der Waals surface area contributed by atoms with Crippen molar-refractivity contribution in [1.29, 1.82) is 0 Å². The van der Waals surface area contributed by atoms with E-state index in [0.29, 0.717) is 0 Å². The molecule has 2 aromatic heterocycles. The van der Waals surface area contributed by atoms with Crippen LogP contribution >= 0.6 is 31.9 Å². The van der Waals surface area contributed by atoms with Crippen LogP contribution in [0.5, 0.6) is 0 Å². The van der Waals surface area contributed by atoms with Crippen molar-refractivity contribution in [1.82, 2.24) is 15.0 Å². The van der Waals surface area contributed by atoms with E-state index in [1.54, 1.807) is 24.8 Å². The van der Waals surface area contributed by atoms with Gasteiger partial charge in [-0.25, -0.2) is 0 Å². The molecule has 0 unspecified atom stereocenters. The maximum Gasteiger partial charge on any atom is 0.105 e. The molecule has 4 nitrogen and oxygen atoms in total. The van der Waals surface area contributed by atoms with Crippen LogP contribution in [0, 0.1) is 0 Å². The fourth-order valence-electron chi connectivity index (χ4n) is 1.74. The molecule has 1 N–H and O–H groups in total. The summed E-state index contributed by atoms with van der Waals surface area (Å²) in [5.74, 6) is 0. The van der Waals surface area contributed by atoms with Crippen molar-refractivity contribution < 1.29 is 0 Å². The lowest BCUT2D eigenvalue weighted by Crippen LogP contribution is -1.94. The molecule has 94 valence electrons. The molecule has 0 amide bonds. The van der Waals surface area contributed by atoms with Gasteiger partial charge in [0.2, 0.25) is 0 Å². The Morgan fingerprint density at radius 2 is 1.84 bits per heavy atom. The van der Waals surface area contributed by atoms with E-state index in [1.807, 2.05) is 18.2 Å². The number of halogens is 2. The Morgan fingerprint density at radius 1 is 1.00 bits per heavy atom. The van der Waals surface area contributed by atoms with Gasteiger partial charge < -0.3 is 5.32 Å². The predicted molar refractivity (Wildman–Crippen MR) is 82.5 cm³/mol. The highest BCUT2D eigenvalue weighted by molar-refractivity contribution is 9.11. The van der Waals surface area contributed by atoms with Crippen LogP contribution in [0.3, 0.4) is 0 Å². The van der Waals surface area contributed by atoms with Crippen molar-refractivity contribution in [2.24, 2.45) is 0 Å². The van der Waals surface area contributed by atoms with Crippen molar-refractivity contribution >= 4 is 54.3 Å². The minimum absolute atomic E-state index is 0.829. The second-order valence-corrected chi connectivity index (χ2v) is 5.58. The van der Waals surface area contributed by atoms with Crippen LogP contribution in [-0.4, -0.2) is 15.0 Å². The van der Waals surface area contributed by atoms with Gasteiger partial charge in [0, 0.05) is 23.1 Å². The molecule has 0 bridgehead atoms. The molecule has 0 fully saturated rings. The van der Waals surface area contributed by atoms with Gasteiger partial charge in [-0.15, -0.1) is 0 Å². The summed E-state index contributed by atoms with van der Waals surface area (Å²) in [4.78, 5) is 12.7. The third-order valence-corrected chi connectivity index (χ3v) is 3.80. The van der Waals surface area contributed by atoms with Gasteiger partial charge in [-0.2, -0.15) is 0 Å². The van der Waals surface area contributed by atoms with E-state index in [-0.39, 0.29) is 0 Å². The van der Waals surface area contributed by atoms with Crippen LogP contribution in [0.15, 0.2) is 51.9 Å². The van der Waals surface area contributed by atoms with E-state index in [1.165, 1.54) is 0 Å². The summed E-state index contributed by atoms with van der Waals surface area (Å²) in [6, 6.07) is 5.85. The van der Waals surface area contributed by atoms with Gasteiger partial charge in [-0.3, -0.25) is 15.0 Å². The standard InChI is InChI=1S/C13H8Br2N4/c14-8-5-9(7-16-6-8)19-10-1-2-11-13(12(10)15)18-4-3-17-11/h1-7,19H. The Morgan fingerprint density at radius 3 is 2.68 bits per heavy atom. The topological polar surface area (TPSA) is 50.7 Å². The Balaban J connectivity index is 2.04. The number of rotatable bonds is 2. The highest BCUT2D eigenvalue weighted by Crippen LogP contribution is 2.31. The molecule has 0 saturated carbocycles. The maximum absolute atomic E-state index is 4.33. The van der Waals surface area contributed by atoms with Gasteiger partial charge in [0.05, 0.1) is 27.6 Å². The van der Waals surface area contributed by atoms with Crippen molar-refractivity contribution in [3.05, 3.63) is 51.9 Å². The van der Waals surface area contributed by atoms with Crippen LogP contribution in [0.1, 0.15) is 0 Å². The number of aromatic nitrogens is 3. The van der Waals surface area contributed by atoms with E-state index >= 15 is 0 Å². The third-order valence-electron chi connectivity index (χ3n) is 2.56. The van der Waals surface area contributed by atoms with E-state index in [2.05, 4.69) is 52.1 Å². The van der Waals surface area contributed by atoms with E-state index in [4.69, 9.17) is 0 Å². The fraction of sp³-hybridized carbons (Fsp3) is 0. The first-order chi connectivity index (χ1) is 9.24. The summed E-state index contributed by atoms with van der Waals surface area (Å²) >= 11 is 6.96. The number of benzene rings is 1. The zero-order valence-electron chi connectivity index (χ0n) is 9.64. The van der Waals surface area contributed by atoms with Crippen molar-refractivity contribution in [3.8, 4) is 0 Å². The molecule has 0 radical (unpaired) electrons. The Hall–Kier alpha value is -1.53. The SMILES string of the molecule is Brc1cncc(Nc2ccc3nccnc3c2Br)c1. The van der Waals surface area contributed by atoms with Crippen LogP contribution < -0.4 is 5.32 Å². The number of hydrogen-bond donors (Lipinski definition) is 1. The average Bonchev–Trinajstić information content (AvgIpc) is 2.42. The van der Waals surface area contributed by atoms with Gasteiger partial charge in [-0.05, 0) is 50.1 Å². The molecule has 0 spiro atoms. The summed E-state index contributed by atoms with van der Waals surface area (Å²) in [6.45, 7) is 0. The molecule has 19 heavy (non-hydrogen) atoms. The number of anilines is 2. The lowest BCUT2D eigenvalue weighted by atomic mass is 10.2. The quantitative estimate of drug-likeness (QED) is 0.721. The van der Waals surface area contributed by atoms with Crippen molar-refractivity contribution in [2.75, 3.05) is 5.32 Å². The zero-order valence-corrected chi connectivity index (χ0v) is 12.8. The van der Waals surface area contributed by atoms with Crippen LogP contribution in [0.4, 0.5) is 11.4 Å². The van der Waals surface area contributed by atoms with Crippen LogP contribution in [0.25, 0.3) is 11.0 Å². The van der Waals surface area contributed by atoms with Crippen LogP contribution in [0.2, 0.25) is 0 Å². The number of nitrogens with zero attached hydrogens (tertiary/aromatic N) is 3. The van der Waals surface area contributed by atoms with Gasteiger partial charge in [0.15, 0.2) is 0 Å². The summed E-state index contributed by atoms with van der Waals surface area (Å²) in [6.07, 6.45) is 6.86. The molecular formula is C13H8Br2N4. The molecular weight excluding hydrogens is 372 g/mol. The largest absolute Gasteiger partial charge is 0.353 e. The fourth-order valence-corrected chi connectivity index (χ4v) is 2.64. The molecule has 0 aliphatic rings. The average molecular weight is 380 g/mol. The number of hydrogen-bond acceptors (Lipinski definition) is 4. The van der Waals surface area contributed by atoms with Gasteiger partial charge in [0.25, 0.3) is 0 Å². The zero-order chi connectivity index (χ0) is 13.2. The second kappa shape index (κ2) is 5.22. The molecule has 0 aliphatic carbocycles. The number of nitrogens with one attached hydrogen (secondary N) is 1. The molecule has 3 rings (SSSR count). The highest BCUT2D eigenvalue weighted by Gasteiger charge is 2.07. The lowest BCUT2D eigenvalue weighted by molar-refractivity contribution is 1.28. The van der Waals surface area contributed by atoms with E-state index in [0.717, 1.165) is 31.4 Å². The highest BCUT2D eigenvalue weighted by atomic mass is 79.9. The minimum Gasteiger partial charge on any atom is -0.353 e. The van der Waals surface area contributed by atoms with Gasteiger partial charge in [0.1, 0.15) is 5.52 Å². The number of fused-ring (bicyclic) bond motifs is 1. The molecule has 2 heterocycles. The Kier molecular flexibility index (Phi) is 3.44. The molecule has 0 atom stereocenters. The smallest absolute Gasteiger partial charge is 0.105 e. The van der Waals surface area contributed by atoms with Crippen molar-refractivity contribution in [2.45, 2.75) is 0 Å². The van der Waals surface area contributed by atoms with E-state index < -0.39 is 0 Å². The minimum atomic E-state index is 0.829. The maximum atomic E-state index is 4.33. The predicted octanol–water partition coefficient (Wildman–Crippen LogP) is 4.29. The summed E-state index contributed by atoms with van der Waals surface area (Å²) < 4.78 is 1.81. The molecule has 0 saturated heterocycles. The van der Waals surface area contributed by atoms with Gasteiger partial charge >= 0.3 is 0 Å². The summed E-state index contributed by atoms with van der Waals surface area (Å²) in [5, 5.41) is 3.30. The Labute approximate surface area is 126 Å². The van der Waals surface area contributed by atoms with Crippen LogP contribution in [-0.2, 0) is 0 Å². The van der Waals surface area contributed by atoms with E-state index in [9.17, 15) is 0 Å².